The van der Waals surface area contributed by atoms with Crippen molar-refractivity contribution in [3.8, 4) is 0 Å². The highest BCUT2D eigenvalue weighted by molar-refractivity contribution is 7.94. The molecule has 0 amide bonds. The molecule has 0 aromatic heterocycles. The van der Waals surface area contributed by atoms with Gasteiger partial charge in [-0.2, -0.15) is 0 Å². The van der Waals surface area contributed by atoms with E-state index in [1.165, 1.54) is 70.6 Å². The average Bonchev–Trinajstić information content (AvgIpc) is 3.04. The first-order valence-electron chi connectivity index (χ1n) is 12.7. The summed E-state index contributed by atoms with van der Waals surface area (Å²) in [6.45, 7) is 10.1. The molecule has 28 heavy (non-hydrogen) atoms. The van der Waals surface area contributed by atoms with E-state index >= 15 is 0 Å². The predicted octanol–water partition coefficient (Wildman–Crippen LogP) is 8.44. The Bertz CT molecular complexity index is 535. The molecular weight excluding hydrogens is 360 g/mol. The summed E-state index contributed by atoms with van der Waals surface area (Å²) in [7, 11) is 0. The summed E-state index contributed by atoms with van der Waals surface area (Å²) in [4.78, 5) is 0. The summed E-state index contributed by atoms with van der Waals surface area (Å²) in [6.07, 6.45) is 19.1. The highest BCUT2D eigenvalue weighted by Gasteiger charge is 2.59. The molecule has 0 heterocycles. The van der Waals surface area contributed by atoms with E-state index in [1.54, 1.807) is 12.8 Å². The molecule has 2 unspecified atom stereocenters. The lowest BCUT2D eigenvalue weighted by Gasteiger charge is -2.61. The Balaban J connectivity index is 1.43. The smallest absolute Gasteiger partial charge is 0.0280 e. The second kappa shape index (κ2) is 8.45. The number of hydrogen-bond donors (Lipinski definition) is 1. The molecule has 4 saturated carbocycles. The van der Waals surface area contributed by atoms with Crippen LogP contribution in [0.2, 0.25) is 0 Å². The highest BCUT2D eigenvalue weighted by atomic mass is 32.2. The summed E-state index contributed by atoms with van der Waals surface area (Å²) in [5, 5.41) is 0.404. The third-order valence-corrected chi connectivity index (χ3v) is 11.4. The van der Waals surface area contributed by atoms with Crippen LogP contribution in [-0.4, -0.2) is 9.80 Å². The first-order chi connectivity index (χ1) is 13.4. The average molecular weight is 407 g/mol. The molecule has 4 fully saturated rings. The molecule has 0 aromatic rings. The van der Waals surface area contributed by atoms with Gasteiger partial charge in [-0.15, -0.1) is 0 Å². The monoisotopic (exact) mass is 406 g/mol. The van der Waals surface area contributed by atoms with Crippen LogP contribution in [0.5, 0.6) is 0 Å². The van der Waals surface area contributed by atoms with E-state index in [0.717, 1.165) is 47.6 Å². The molecule has 0 bridgehead atoms. The molecule has 162 valence electrons. The van der Waals surface area contributed by atoms with Gasteiger partial charge in [-0.05, 0) is 116 Å². The Labute approximate surface area is 179 Å². The molecule has 4 aliphatic carbocycles. The van der Waals surface area contributed by atoms with Gasteiger partial charge in [0, 0.05) is 5.25 Å². The third-order valence-electron chi connectivity index (χ3n) is 10.8. The van der Waals surface area contributed by atoms with E-state index in [4.69, 9.17) is 0 Å². The molecule has 9 atom stereocenters. The maximum absolute atomic E-state index is 9.24. The fourth-order valence-corrected chi connectivity index (χ4v) is 9.52. The van der Waals surface area contributed by atoms with Gasteiger partial charge < -0.3 is 4.55 Å². The minimum absolute atomic E-state index is 0.404. The standard InChI is InChI=1S/C26H46OS/c1-18(8-7-9-19(2)28-27)22-13-14-23-21-12-11-20-10-5-6-16-25(20,3)24(21)15-17-26(22,23)4/h18-24,27H,5-17H2,1-4H3/t18-,19?,20?,21+,22-,23+,24+,25+,26-/m1/s1. The Morgan fingerprint density at radius 3 is 2.43 bits per heavy atom. The van der Waals surface area contributed by atoms with Crippen LogP contribution in [0.4, 0.5) is 0 Å². The van der Waals surface area contributed by atoms with Crippen molar-refractivity contribution < 1.29 is 4.55 Å². The van der Waals surface area contributed by atoms with Gasteiger partial charge in [-0.1, -0.05) is 53.4 Å². The minimum atomic E-state index is 0.404. The van der Waals surface area contributed by atoms with Crippen LogP contribution in [0.25, 0.3) is 0 Å². The largest absolute Gasteiger partial charge is 0.330 e. The highest BCUT2D eigenvalue weighted by Crippen LogP contribution is 2.68. The molecular formula is C26H46OS. The van der Waals surface area contributed by atoms with E-state index in [-0.39, 0.29) is 0 Å². The zero-order chi connectivity index (χ0) is 19.9. The molecule has 0 spiro atoms. The lowest BCUT2D eigenvalue weighted by molar-refractivity contribution is -0.114. The van der Waals surface area contributed by atoms with Gasteiger partial charge in [-0.3, -0.25) is 0 Å². The first kappa shape index (κ1) is 21.5. The third kappa shape index (κ3) is 3.61. The Morgan fingerprint density at radius 1 is 0.857 bits per heavy atom. The quantitative estimate of drug-likeness (QED) is 0.446. The van der Waals surface area contributed by atoms with Gasteiger partial charge in [-0.25, -0.2) is 0 Å². The van der Waals surface area contributed by atoms with Crippen molar-refractivity contribution in [1.29, 1.82) is 0 Å². The predicted molar refractivity (Wildman–Crippen MR) is 123 cm³/mol. The van der Waals surface area contributed by atoms with Crippen molar-refractivity contribution in [2.24, 2.45) is 46.3 Å². The summed E-state index contributed by atoms with van der Waals surface area (Å²) >= 11 is 1.05. The molecule has 1 N–H and O–H groups in total. The second-order valence-corrected chi connectivity index (χ2v) is 13.0. The van der Waals surface area contributed by atoms with E-state index in [1.807, 2.05) is 0 Å². The van der Waals surface area contributed by atoms with Crippen LogP contribution in [-0.2, 0) is 0 Å². The van der Waals surface area contributed by atoms with Crippen molar-refractivity contribution in [2.45, 2.75) is 116 Å². The van der Waals surface area contributed by atoms with E-state index in [9.17, 15) is 4.55 Å². The van der Waals surface area contributed by atoms with Crippen molar-refractivity contribution in [3.05, 3.63) is 0 Å². The molecule has 0 aliphatic heterocycles. The van der Waals surface area contributed by atoms with Crippen LogP contribution < -0.4 is 0 Å². The van der Waals surface area contributed by atoms with Crippen molar-refractivity contribution >= 4 is 12.0 Å². The maximum atomic E-state index is 9.24. The zero-order valence-electron chi connectivity index (χ0n) is 19.1. The number of rotatable bonds is 6. The topological polar surface area (TPSA) is 20.2 Å². The Morgan fingerprint density at radius 2 is 1.64 bits per heavy atom. The Kier molecular flexibility index (Phi) is 6.50. The van der Waals surface area contributed by atoms with Crippen LogP contribution >= 0.6 is 12.0 Å². The van der Waals surface area contributed by atoms with Gasteiger partial charge in [0.25, 0.3) is 0 Å². The lowest BCUT2D eigenvalue weighted by Crippen LogP contribution is -2.53. The molecule has 4 aliphatic rings. The summed E-state index contributed by atoms with van der Waals surface area (Å²) in [5.41, 5.74) is 1.31. The van der Waals surface area contributed by atoms with Crippen molar-refractivity contribution in [2.75, 3.05) is 0 Å². The fourth-order valence-electron chi connectivity index (χ4n) is 9.25. The van der Waals surface area contributed by atoms with E-state index in [2.05, 4.69) is 27.7 Å². The molecule has 0 radical (unpaired) electrons. The minimum Gasteiger partial charge on any atom is -0.330 e. The zero-order valence-corrected chi connectivity index (χ0v) is 19.9. The van der Waals surface area contributed by atoms with Gasteiger partial charge in [0.05, 0.1) is 0 Å². The lowest BCUT2D eigenvalue weighted by atomic mass is 9.44. The van der Waals surface area contributed by atoms with Gasteiger partial charge in [0.2, 0.25) is 0 Å². The first-order valence-corrected chi connectivity index (χ1v) is 13.5. The molecule has 0 saturated heterocycles. The van der Waals surface area contributed by atoms with Gasteiger partial charge >= 0.3 is 0 Å². The molecule has 0 aromatic carbocycles. The SMILES string of the molecule is CC(CCC[C@@H](C)[C@H]1CC[C@H]2[C@@H]3CCC4CCCC[C@]4(C)[C@H]3CC[C@]12C)SO. The van der Waals surface area contributed by atoms with Crippen LogP contribution in [0.15, 0.2) is 0 Å². The van der Waals surface area contributed by atoms with Crippen LogP contribution in [0.3, 0.4) is 0 Å². The van der Waals surface area contributed by atoms with Crippen molar-refractivity contribution in [3.63, 3.8) is 0 Å². The molecule has 2 heteroatoms. The normalized spacial score (nSPS) is 47.7. The number of hydrogen-bond acceptors (Lipinski definition) is 2. The Hall–Kier alpha value is 0.310. The number of fused-ring (bicyclic) bond motifs is 5. The van der Waals surface area contributed by atoms with E-state index < -0.39 is 0 Å². The van der Waals surface area contributed by atoms with Gasteiger partial charge in [0.15, 0.2) is 0 Å². The molecule has 1 nitrogen and oxygen atoms in total. The van der Waals surface area contributed by atoms with Crippen LogP contribution in [0.1, 0.15) is 111 Å². The van der Waals surface area contributed by atoms with E-state index in [0.29, 0.717) is 16.1 Å². The van der Waals surface area contributed by atoms with Gasteiger partial charge in [0.1, 0.15) is 0 Å². The second-order valence-electron chi connectivity index (χ2n) is 12.0. The van der Waals surface area contributed by atoms with Crippen LogP contribution in [0, 0.1) is 46.3 Å². The summed E-state index contributed by atoms with van der Waals surface area (Å²) in [5.74, 6) is 5.97. The maximum Gasteiger partial charge on any atom is 0.0280 e. The van der Waals surface area contributed by atoms with Crippen molar-refractivity contribution in [1.82, 2.24) is 0 Å². The summed E-state index contributed by atoms with van der Waals surface area (Å²) < 4.78 is 9.24. The molecule has 4 rings (SSSR count). The fraction of sp³-hybridized carbons (Fsp3) is 1.00. The summed E-state index contributed by atoms with van der Waals surface area (Å²) in [6, 6.07) is 0.